The molecule has 15 heavy (non-hydrogen) atoms. The second-order valence-corrected chi connectivity index (χ2v) is 4.44. The Balaban J connectivity index is 2.79. The van der Waals surface area contributed by atoms with Crippen LogP contribution in [0, 0.1) is 0 Å². The molecule has 1 atom stereocenters. The Bertz CT molecular complexity index is 314. The Labute approximate surface area is 89.7 Å². The monoisotopic (exact) mass is 212 g/mol. The third kappa shape index (κ3) is 3.06. The lowest BCUT2D eigenvalue weighted by Gasteiger charge is -2.31. The number of carbonyl (C=O) groups excluding carboxylic acids is 1. The van der Waals surface area contributed by atoms with Crippen LogP contribution in [-0.4, -0.2) is 54.7 Å². The molecular weight excluding hydrogens is 194 g/mol. The molecule has 1 heterocycles. The third-order valence-electron chi connectivity index (χ3n) is 2.38. The fourth-order valence-corrected chi connectivity index (χ4v) is 1.41. The third-order valence-corrected chi connectivity index (χ3v) is 2.38. The summed E-state index contributed by atoms with van der Waals surface area (Å²) in [7, 11) is 7.33. The number of ether oxygens (including phenoxy) is 1. The number of likely N-dealkylation sites (N-methyl/N-ethyl adjacent to an activating group) is 1. The zero-order valence-corrected chi connectivity index (χ0v) is 9.65. The van der Waals surface area contributed by atoms with Crippen LogP contribution in [0.15, 0.2) is 12.5 Å². The molecule has 0 aromatic carbocycles. The van der Waals surface area contributed by atoms with Crippen LogP contribution in [-0.2, 0) is 16.0 Å². The molecule has 84 valence electrons. The number of rotatable bonds is 4. The largest absolute Gasteiger partial charge is 0.465 e. The number of esters is 1. The van der Waals surface area contributed by atoms with Crippen molar-refractivity contribution in [1.82, 2.24) is 9.97 Å². The molecule has 1 rings (SSSR count). The molecule has 0 aliphatic rings. The molecule has 1 aromatic rings. The van der Waals surface area contributed by atoms with Gasteiger partial charge in [0.05, 0.1) is 41.0 Å². The molecule has 5 nitrogen and oxygen atoms in total. The SMILES string of the molecule is COC(=O)C(Cc1cnc[nH]1)[N+](C)(C)C. The summed E-state index contributed by atoms with van der Waals surface area (Å²) in [4.78, 5) is 18.5. The maximum Gasteiger partial charge on any atom is 0.365 e. The van der Waals surface area contributed by atoms with Crippen LogP contribution >= 0.6 is 0 Å². The summed E-state index contributed by atoms with van der Waals surface area (Å²) in [5, 5.41) is 0. The van der Waals surface area contributed by atoms with Crippen molar-refractivity contribution in [3.63, 3.8) is 0 Å². The number of imidazole rings is 1. The number of carbonyl (C=O) groups is 1. The smallest absolute Gasteiger partial charge is 0.365 e. The number of aromatic amines is 1. The normalized spacial score (nSPS) is 13.6. The van der Waals surface area contributed by atoms with Crippen molar-refractivity contribution in [2.75, 3.05) is 28.3 Å². The van der Waals surface area contributed by atoms with Gasteiger partial charge in [-0.05, 0) is 0 Å². The second kappa shape index (κ2) is 4.44. The molecule has 0 spiro atoms. The van der Waals surface area contributed by atoms with Crippen molar-refractivity contribution in [2.24, 2.45) is 0 Å². The van der Waals surface area contributed by atoms with Crippen molar-refractivity contribution >= 4 is 5.97 Å². The van der Waals surface area contributed by atoms with Gasteiger partial charge in [0.25, 0.3) is 0 Å². The molecule has 0 saturated carbocycles. The maximum absolute atomic E-state index is 11.6. The lowest BCUT2D eigenvalue weighted by Crippen LogP contribution is -2.51. The van der Waals surface area contributed by atoms with Gasteiger partial charge in [-0.1, -0.05) is 0 Å². The van der Waals surface area contributed by atoms with Crippen LogP contribution in [0.4, 0.5) is 0 Å². The minimum absolute atomic E-state index is 0.197. The van der Waals surface area contributed by atoms with Gasteiger partial charge in [-0.15, -0.1) is 0 Å². The van der Waals surface area contributed by atoms with Crippen LogP contribution < -0.4 is 0 Å². The standard InChI is InChI=1S/C10H18N3O2/c1-13(2,3)9(10(14)15-4)5-8-6-11-7-12-8/h6-7,9H,5H2,1-4H3,(H,11,12)/q+1. The second-order valence-electron chi connectivity index (χ2n) is 4.44. The lowest BCUT2D eigenvalue weighted by molar-refractivity contribution is -0.887. The Morgan fingerprint density at radius 3 is 2.67 bits per heavy atom. The number of nitrogens with zero attached hydrogens (tertiary/aromatic N) is 2. The Hall–Kier alpha value is -1.36. The van der Waals surface area contributed by atoms with Crippen molar-refractivity contribution in [2.45, 2.75) is 12.5 Å². The summed E-state index contributed by atoms with van der Waals surface area (Å²) < 4.78 is 5.33. The van der Waals surface area contributed by atoms with Crippen molar-refractivity contribution in [3.8, 4) is 0 Å². The van der Waals surface area contributed by atoms with Crippen LogP contribution in [0.3, 0.4) is 0 Å². The number of hydrogen-bond acceptors (Lipinski definition) is 3. The van der Waals surface area contributed by atoms with E-state index in [0.29, 0.717) is 10.9 Å². The fraction of sp³-hybridized carbons (Fsp3) is 0.600. The first-order valence-corrected chi connectivity index (χ1v) is 4.81. The molecule has 1 aromatic heterocycles. The Morgan fingerprint density at radius 1 is 1.60 bits per heavy atom. The van der Waals surface area contributed by atoms with Crippen LogP contribution in [0.25, 0.3) is 0 Å². The van der Waals surface area contributed by atoms with E-state index >= 15 is 0 Å². The van der Waals surface area contributed by atoms with Crippen molar-refractivity contribution in [1.29, 1.82) is 0 Å². The molecule has 0 aliphatic carbocycles. The number of nitrogens with one attached hydrogen (secondary N) is 1. The number of methoxy groups -OCH3 is 1. The summed E-state index contributed by atoms with van der Waals surface area (Å²) in [5.41, 5.74) is 0.943. The van der Waals surface area contributed by atoms with E-state index < -0.39 is 0 Å². The minimum atomic E-state index is -0.213. The van der Waals surface area contributed by atoms with E-state index in [9.17, 15) is 4.79 Å². The highest BCUT2D eigenvalue weighted by molar-refractivity contribution is 5.74. The average molecular weight is 212 g/mol. The number of H-pyrrole nitrogens is 1. The molecule has 1 unspecified atom stereocenters. The first-order valence-electron chi connectivity index (χ1n) is 4.81. The summed E-state index contributed by atoms with van der Waals surface area (Å²) >= 11 is 0. The highest BCUT2D eigenvalue weighted by Crippen LogP contribution is 2.10. The van der Waals surface area contributed by atoms with Gasteiger partial charge in [-0.3, -0.25) is 0 Å². The lowest BCUT2D eigenvalue weighted by atomic mass is 10.1. The van der Waals surface area contributed by atoms with E-state index in [1.54, 1.807) is 12.5 Å². The summed E-state index contributed by atoms with van der Waals surface area (Å²) in [5.74, 6) is -0.197. The fourth-order valence-electron chi connectivity index (χ4n) is 1.41. The van der Waals surface area contributed by atoms with Gasteiger partial charge in [0.2, 0.25) is 0 Å². The van der Waals surface area contributed by atoms with Gasteiger partial charge in [-0.2, -0.15) is 0 Å². The van der Waals surface area contributed by atoms with Crippen molar-refractivity contribution < 1.29 is 14.0 Å². The molecule has 1 N–H and O–H groups in total. The number of quaternary nitrogens is 1. The van der Waals surface area contributed by atoms with Crippen LogP contribution in [0.1, 0.15) is 5.69 Å². The van der Waals surface area contributed by atoms with Crippen LogP contribution in [0.5, 0.6) is 0 Å². The van der Waals surface area contributed by atoms with Gasteiger partial charge < -0.3 is 14.2 Å². The van der Waals surface area contributed by atoms with Gasteiger partial charge in [0.1, 0.15) is 0 Å². The van der Waals surface area contributed by atoms with E-state index in [1.807, 2.05) is 21.1 Å². The number of aromatic nitrogens is 2. The molecular formula is C10H18N3O2+. The van der Waals surface area contributed by atoms with Gasteiger partial charge >= 0.3 is 5.97 Å². The molecule has 5 heteroatoms. The van der Waals surface area contributed by atoms with E-state index in [2.05, 4.69) is 9.97 Å². The first kappa shape index (κ1) is 11.7. The summed E-state index contributed by atoms with van der Waals surface area (Å²) in [6, 6.07) is -0.213. The molecule has 0 aliphatic heterocycles. The first-order chi connectivity index (χ1) is 6.95. The predicted octanol–water partition coefficient (Wildman–Crippen LogP) is 0.200. The van der Waals surface area contributed by atoms with E-state index in [-0.39, 0.29) is 12.0 Å². The molecule has 0 fully saturated rings. The molecule has 0 bridgehead atoms. The van der Waals surface area contributed by atoms with E-state index in [0.717, 1.165) is 5.69 Å². The highest BCUT2D eigenvalue weighted by atomic mass is 16.5. The number of hydrogen-bond donors (Lipinski definition) is 1. The summed E-state index contributed by atoms with van der Waals surface area (Å²) in [6.07, 6.45) is 3.95. The van der Waals surface area contributed by atoms with Gasteiger partial charge in [0.15, 0.2) is 6.04 Å². The zero-order chi connectivity index (χ0) is 11.5. The minimum Gasteiger partial charge on any atom is -0.465 e. The topological polar surface area (TPSA) is 55.0 Å². The molecule has 0 radical (unpaired) electrons. The van der Waals surface area contributed by atoms with Gasteiger partial charge in [0, 0.05) is 11.9 Å². The quantitative estimate of drug-likeness (QED) is 0.573. The molecule has 0 saturated heterocycles. The van der Waals surface area contributed by atoms with E-state index in [1.165, 1.54) is 7.11 Å². The maximum atomic E-state index is 11.6. The zero-order valence-electron chi connectivity index (χ0n) is 9.65. The Morgan fingerprint density at radius 2 is 2.27 bits per heavy atom. The summed E-state index contributed by atoms with van der Waals surface area (Å²) in [6.45, 7) is 0. The van der Waals surface area contributed by atoms with Gasteiger partial charge in [-0.25, -0.2) is 9.78 Å². The molecule has 0 amide bonds. The predicted molar refractivity (Wildman–Crippen MR) is 56.1 cm³/mol. The van der Waals surface area contributed by atoms with Crippen LogP contribution in [0.2, 0.25) is 0 Å². The van der Waals surface area contributed by atoms with Crippen molar-refractivity contribution in [3.05, 3.63) is 18.2 Å². The highest BCUT2D eigenvalue weighted by Gasteiger charge is 2.32. The Kier molecular flexibility index (Phi) is 3.47. The van der Waals surface area contributed by atoms with E-state index in [4.69, 9.17) is 4.74 Å². The average Bonchev–Trinajstić information content (AvgIpc) is 2.63.